The van der Waals surface area contributed by atoms with E-state index in [2.05, 4.69) is 5.32 Å². The average molecular weight is 96.9 g/mol. The minimum Gasteiger partial charge on any atom is -0.596 e. The van der Waals surface area contributed by atoms with E-state index in [4.69, 9.17) is 7.98 Å². The molecule has 1 aliphatic rings. The van der Waals surface area contributed by atoms with Gasteiger partial charge in [-0.1, -0.05) is 0 Å². The number of nitrogens with one attached hydrogen (secondary N) is 2. The molecule has 3 heteroatoms. The quantitative estimate of drug-likeness (QED) is 0.321. The second kappa shape index (κ2) is 2.33. The molecule has 7 heavy (non-hydrogen) atoms. The lowest BCUT2D eigenvalue weighted by Crippen LogP contribution is -3.13. The largest absolute Gasteiger partial charge is 0.596 e. The summed E-state index contributed by atoms with van der Waals surface area (Å²) in [6.45, 7) is 4.29. The van der Waals surface area contributed by atoms with Gasteiger partial charge in [-0.25, -0.2) is 7.98 Å². The van der Waals surface area contributed by atoms with Crippen LogP contribution in [0.25, 0.3) is 0 Å². The molecule has 2 nitrogen and oxygen atoms in total. The van der Waals surface area contributed by atoms with Gasteiger partial charge in [-0.3, -0.25) is 0 Å². The minimum absolute atomic E-state index is 1.07. The lowest BCUT2D eigenvalue weighted by Gasteiger charge is -2.31. The molecule has 3 radical (unpaired) electrons. The Labute approximate surface area is 45.3 Å². The van der Waals surface area contributed by atoms with E-state index in [0.717, 1.165) is 31.0 Å². The maximum absolute atomic E-state index is 5.51. The maximum Gasteiger partial charge on any atom is 0.0435 e. The van der Waals surface area contributed by atoms with E-state index >= 15 is 0 Å². The van der Waals surface area contributed by atoms with Crippen LogP contribution in [0.5, 0.6) is 0 Å². The van der Waals surface area contributed by atoms with E-state index < -0.39 is 0 Å². The molecule has 39 valence electrons. The smallest absolute Gasteiger partial charge is 0.0435 e. The van der Waals surface area contributed by atoms with Gasteiger partial charge in [-0.05, 0) is 0 Å². The molecule has 1 rings (SSSR count). The molecule has 0 aromatic rings. The number of rotatable bonds is 0. The van der Waals surface area contributed by atoms with Crippen molar-refractivity contribution in [3.05, 3.63) is 0 Å². The molecule has 0 saturated carbocycles. The predicted octanol–water partition coefficient (Wildman–Crippen LogP) is -2.44. The second-order valence-corrected chi connectivity index (χ2v) is 1.91. The van der Waals surface area contributed by atoms with E-state index in [0.29, 0.717) is 0 Å². The molecule has 1 aliphatic heterocycles. The fraction of sp³-hybridized carbons (Fsp3) is 1.00. The van der Waals surface area contributed by atoms with Gasteiger partial charge < -0.3 is 10.1 Å². The van der Waals surface area contributed by atoms with Crippen LogP contribution in [0.1, 0.15) is 0 Å². The molecule has 1 saturated heterocycles. The summed E-state index contributed by atoms with van der Waals surface area (Å²) in [6, 6.07) is 0. The van der Waals surface area contributed by atoms with Crippen molar-refractivity contribution in [2.45, 2.75) is 0 Å². The molecule has 2 N–H and O–H groups in total. The number of hydrogen-bond acceptors (Lipinski definition) is 1. The molecule has 0 aromatic carbocycles. The van der Waals surface area contributed by atoms with Crippen LogP contribution in [0.3, 0.4) is 0 Å². The van der Waals surface area contributed by atoms with Gasteiger partial charge in [0.2, 0.25) is 0 Å². The zero-order chi connectivity index (χ0) is 5.11. The third kappa shape index (κ3) is 1.49. The van der Waals surface area contributed by atoms with Gasteiger partial charge in [0.25, 0.3) is 0 Å². The molecule has 0 spiro atoms. The normalized spacial score (nSPS) is 25.3. The van der Waals surface area contributed by atoms with Crippen molar-refractivity contribution in [2.75, 3.05) is 26.2 Å². The second-order valence-electron chi connectivity index (χ2n) is 1.91. The molecule has 0 unspecified atom stereocenters. The molecule has 0 amide bonds. The third-order valence-electron chi connectivity index (χ3n) is 1.25. The molecule has 0 bridgehead atoms. The van der Waals surface area contributed by atoms with E-state index in [9.17, 15) is 0 Å². The maximum atomic E-state index is 5.51. The lowest BCUT2D eigenvalue weighted by molar-refractivity contribution is -0.781. The summed E-state index contributed by atoms with van der Waals surface area (Å²) in [5, 5.41) is 3.21. The van der Waals surface area contributed by atoms with Crippen LogP contribution in [0.15, 0.2) is 0 Å². The zero-order valence-corrected chi connectivity index (χ0v) is 4.41. The summed E-state index contributed by atoms with van der Waals surface area (Å²) < 4.78 is 0. The monoisotopic (exact) mass is 97.1 g/mol. The van der Waals surface area contributed by atoms with Crippen molar-refractivity contribution in [3.8, 4) is 0 Å². The number of quaternary nitrogens is 1. The fourth-order valence-corrected chi connectivity index (χ4v) is 0.748. The van der Waals surface area contributed by atoms with Crippen LogP contribution in [-0.4, -0.2) is 34.2 Å². The van der Waals surface area contributed by atoms with Gasteiger partial charge >= 0.3 is 0 Å². The SMILES string of the molecule is [B-][NH+]1CCNCC1. The Morgan fingerprint density at radius 1 is 1.29 bits per heavy atom. The van der Waals surface area contributed by atoms with Crippen LogP contribution in [0.2, 0.25) is 0 Å². The number of hydrogen-bond donors (Lipinski definition) is 2. The first kappa shape index (κ1) is 5.13. The van der Waals surface area contributed by atoms with Crippen molar-refractivity contribution >= 4 is 7.98 Å². The highest BCUT2D eigenvalue weighted by Crippen LogP contribution is 1.58. The van der Waals surface area contributed by atoms with E-state index in [1.807, 2.05) is 0 Å². The third-order valence-corrected chi connectivity index (χ3v) is 1.25. The Bertz CT molecular complexity index is 51.7. The zero-order valence-electron chi connectivity index (χ0n) is 4.41. The van der Waals surface area contributed by atoms with Crippen LogP contribution in [0.4, 0.5) is 0 Å². The molecule has 1 heterocycles. The first-order valence-corrected chi connectivity index (χ1v) is 2.70. The standard InChI is InChI=1S/C4H10BN2/c5-7-3-1-6-2-4-7/h6-7H,1-4H2. The average Bonchev–Trinajstić information content (AvgIpc) is 1.69. The Kier molecular flexibility index (Phi) is 1.71. The van der Waals surface area contributed by atoms with Gasteiger partial charge in [0, 0.05) is 26.2 Å². The topological polar surface area (TPSA) is 16.5 Å². The van der Waals surface area contributed by atoms with Crippen LogP contribution < -0.4 is 10.1 Å². The number of piperazine rings is 1. The first-order valence-electron chi connectivity index (χ1n) is 2.70. The van der Waals surface area contributed by atoms with Crippen LogP contribution in [-0.2, 0) is 0 Å². The molecule has 0 atom stereocenters. The highest BCUT2D eigenvalue weighted by molar-refractivity contribution is 5.95. The Balaban J connectivity index is 2.12. The van der Waals surface area contributed by atoms with Crippen molar-refractivity contribution in [1.82, 2.24) is 5.32 Å². The highest BCUT2D eigenvalue weighted by atomic mass is 15.1. The molecule has 0 aliphatic carbocycles. The van der Waals surface area contributed by atoms with E-state index in [1.165, 1.54) is 0 Å². The lowest BCUT2D eigenvalue weighted by atomic mass is 10.2. The van der Waals surface area contributed by atoms with E-state index in [1.54, 1.807) is 0 Å². The van der Waals surface area contributed by atoms with Crippen molar-refractivity contribution in [3.63, 3.8) is 0 Å². The summed E-state index contributed by atoms with van der Waals surface area (Å²) in [7, 11) is 5.51. The van der Waals surface area contributed by atoms with Gasteiger partial charge in [-0.2, -0.15) is 0 Å². The minimum atomic E-state index is 1.07. The predicted molar refractivity (Wildman–Crippen MR) is 29.3 cm³/mol. The van der Waals surface area contributed by atoms with Crippen LogP contribution in [0, 0.1) is 0 Å². The van der Waals surface area contributed by atoms with Crippen LogP contribution >= 0.6 is 0 Å². The van der Waals surface area contributed by atoms with Gasteiger partial charge in [0.05, 0.1) is 0 Å². The fourth-order valence-electron chi connectivity index (χ4n) is 0.748. The summed E-state index contributed by atoms with van der Waals surface area (Å²) in [6.07, 6.45) is 0. The van der Waals surface area contributed by atoms with Crippen molar-refractivity contribution in [1.29, 1.82) is 0 Å². The summed E-state index contributed by atoms with van der Waals surface area (Å²) in [5.41, 5.74) is 0. The van der Waals surface area contributed by atoms with Crippen molar-refractivity contribution in [2.24, 2.45) is 0 Å². The Morgan fingerprint density at radius 2 is 1.86 bits per heavy atom. The Morgan fingerprint density at radius 3 is 2.14 bits per heavy atom. The van der Waals surface area contributed by atoms with E-state index in [-0.39, 0.29) is 0 Å². The van der Waals surface area contributed by atoms with Gasteiger partial charge in [0.1, 0.15) is 0 Å². The Hall–Kier alpha value is -0.0151. The summed E-state index contributed by atoms with van der Waals surface area (Å²) in [5.74, 6) is 0. The molecule has 1 fully saturated rings. The van der Waals surface area contributed by atoms with Gasteiger partial charge in [-0.15, -0.1) is 0 Å². The highest BCUT2D eigenvalue weighted by Gasteiger charge is 1.96. The molecule has 0 aromatic heterocycles. The van der Waals surface area contributed by atoms with Crippen molar-refractivity contribution < 1.29 is 4.81 Å². The molecular weight excluding hydrogens is 86.9 g/mol. The molecular formula is C4H10BN2. The van der Waals surface area contributed by atoms with Gasteiger partial charge in [0.15, 0.2) is 0 Å². The summed E-state index contributed by atoms with van der Waals surface area (Å²) in [4.78, 5) is 1.15. The first-order chi connectivity index (χ1) is 3.39. The summed E-state index contributed by atoms with van der Waals surface area (Å²) >= 11 is 0.